The highest BCUT2D eigenvalue weighted by Gasteiger charge is 2.45. The molecule has 0 amide bonds. The number of benzene rings is 8. The van der Waals surface area contributed by atoms with Crippen molar-refractivity contribution < 1.29 is 0 Å². The van der Waals surface area contributed by atoms with Crippen molar-refractivity contribution in [1.29, 1.82) is 0 Å². The Morgan fingerprint density at radius 3 is 1.89 bits per heavy atom. The lowest BCUT2D eigenvalue weighted by Gasteiger charge is -2.34. The van der Waals surface area contributed by atoms with Crippen molar-refractivity contribution in [3.05, 3.63) is 233 Å². The van der Waals surface area contributed by atoms with E-state index < -0.39 is 5.41 Å². The molecule has 266 valence electrons. The second-order valence-electron chi connectivity index (χ2n) is 14.4. The number of nitrogens with zero attached hydrogens (tertiary/aromatic N) is 1. The van der Waals surface area contributed by atoms with E-state index in [1.54, 1.807) is 0 Å². The summed E-state index contributed by atoms with van der Waals surface area (Å²) in [5.74, 6) is 0. The molecule has 56 heavy (non-hydrogen) atoms. The molecule has 0 spiro atoms. The van der Waals surface area contributed by atoms with E-state index in [2.05, 4.69) is 219 Å². The summed E-state index contributed by atoms with van der Waals surface area (Å²) in [5, 5.41) is 3.67. The quantitative estimate of drug-likeness (QED) is 0.150. The molecular weight excluding hydrogens is 695 g/mol. The van der Waals surface area contributed by atoms with E-state index in [0.717, 1.165) is 17.1 Å². The number of rotatable bonds is 8. The maximum atomic E-state index is 4.15. The van der Waals surface area contributed by atoms with Gasteiger partial charge in [-0.05, 0) is 92.7 Å². The van der Waals surface area contributed by atoms with Gasteiger partial charge in [0.05, 0.1) is 11.1 Å². The molecule has 0 aliphatic heterocycles. The Morgan fingerprint density at radius 2 is 1.14 bits per heavy atom. The van der Waals surface area contributed by atoms with Crippen molar-refractivity contribution in [1.82, 2.24) is 0 Å². The molecule has 0 atom stereocenters. The fraction of sp³-hybridized carbons (Fsp3) is 0.0370. The number of fused-ring (bicyclic) bond motifs is 5. The van der Waals surface area contributed by atoms with Gasteiger partial charge in [-0.15, -0.1) is 11.3 Å². The molecule has 1 aliphatic rings. The summed E-state index contributed by atoms with van der Waals surface area (Å²) in [7, 11) is 0. The van der Waals surface area contributed by atoms with Gasteiger partial charge in [-0.25, -0.2) is 0 Å². The van der Waals surface area contributed by atoms with E-state index in [-0.39, 0.29) is 0 Å². The minimum Gasteiger partial charge on any atom is -0.310 e. The third-order valence-corrected chi connectivity index (χ3v) is 12.7. The van der Waals surface area contributed by atoms with Gasteiger partial charge in [-0.2, -0.15) is 0 Å². The van der Waals surface area contributed by atoms with E-state index in [0.29, 0.717) is 0 Å². The topological polar surface area (TPSA) is 3.24 Å². The summed E-state index contributed by atoms with van der Waals surface area (Å²) in [6, 6.07) is 69.2. The van der Waals surface area contributed by atoms with Crippen LogP contribution in [0.25, 0.3) is 55.3 Å². The molecule has 1 nitrogen and oxygen atoms in total. The molecule has 0 unspecified atom stereocenters. The maximum Gasteiger partial charge on any atom is 0.0713 e. The Bertz CT molecular complexity index is 2900. The SMILES string of the molecule is C=Cc1sc2c(-c3cccc(N(c4ccc(C5(c6ccccc6)c6ccccc6-c6ccccc65)cc4)c4cccc5ccccc45)c3)cccc2c1/C=C\C. The zero-order chi connectivity index (χ0) is 37.6. The van der Waals surface area contributed by atoms with Gasteiger partial charge in [0.25, 0.3) is 0 Å². The Balaban J connectivity index is 1.17. The van der Waals surface area contributed by atoms with Gasteiger partial charge in [-0.3, -0.25) is 0 Å². The summed E-state index contributed by atoms with van der Waals surface area (Å²) < 4.78 is 1.28. The first kappa shape index (κ1) is 33.8. The van der Waals surface area contributed by atoms with Gasteiger partial charge in [0, 0.05) is 31.7 Å². The molecule has 2 heteroatoms. The minimum atomic E-state index is -0.452. The van der Waals surface area contributed by atoms with E-state index >= 15 is 0 Å². The van der Waals surface area contributed by atoms with E-state index in [1.807, 2.05) is 17.4 Å². The summed E-state index contributed by atoms with van der Waals surface area (Å²) in [6.07, 6.45) is 6.30. The first-order chi connectivity index (χ1) is 27.7. The molecule has 0 saturated carbocycles. The normalized spacial score (nSPS) is 12.9. The maximum absolute atomic E-state index is 4.15. The van der Waals surface area contributed by atoms with Crippen molar-refractivity contribution in [3.8, 4) is 22.3 Å². The van der Waals surface area contributed by atoms with Gasteiger partial charge < -0.3 is 4.90 Å². The van der Waals surface area contributed by atoms with Crippen molar-refractivity contribution >= 4 is 61.4 Å². The van der Waals surface area contributed by atoms with Crippen LogP contribution >= 0.6 is 11.3 Å². The highest BCUT2D eigenvalue weighted by molar-refractivity contribution is 7.20. The molecule has 0 N–H and O–H groups in total. The first-order valence-electron chi connectivity index (χ1n) is 19.2. The molecule has 0 bridgehead atoms. The van der Waals surface area contributed by atoms with Crippen molar-refractivity contribution in [3.63, 3.8) is 0 Å². The van der Waals surface area contributed by atoms with Crippen LogP contribution in [-0.4, -0.2) is 0 Å². The number of hydrogen-bond donors (Lipinski definition) is 0. The van der Waals surface area contributed by atoms with E-state index in [1.165, 1.54) is 75.8 Å². The van der Waals surface area contributed by atoms with Crippen LogP contribution in [0.1, 0.15) is 39.6 Å². The van der Waals surface area contributed by atoms with Crippen LogP contribution in [0.3, 0.4) is 0 Å². The Hall–Kier alpha value is -6.74. The average Bonchev–Trinajstić information content (AvgIpc) is 3.78. The molecule has 1 aliphatic carbocycles. The number of anilines is 3. The Labute approximate surface area is 332 Å². The predicted octanol–water partition coefficient (Wildman–Crippen LogP) is 15.2. The fourth-order valence-corrected chi connectivity index (χ4v) is 10.3. The lowest BCUT2D eigenvalue weighted by molar-refractivity contribution is 0.768. The molecule has 1 aromatic heterocycles. The Morgan fingerprint density at radius 1 is 0.536 bits per heavy atom. The van der Waals surface area contributed by atoms with E-state index in [4.69, 9.17) is 0 Å². The standard InChI is InChI=1S/C54H39NS/c1-3-17-47-48-28-16-27-44(53(48)56-52(47)4-2)38-20-14-23-42(36-38)55(51-31-15-19-37-18-8-9-24-43(37)51)41-34-32-40(33-35-41)54(39-21-6-5-7-22-39)49-29-12-10-25-45(49)46-26-11-13-30-50(46)54/h3-36H,2H2,1H3/b17-3-. The van der Waals surface area contributed by atoms with Gasteiger partial charge in [0.1, 0.15) is 0 Å². The summed E-state index contributed by atoms with van der Waals surface area (Å²) >= 11 is 1.81. The number of hydrogen-bond acceptors (Lipinski definition) is 2. The fourth-order valence-electron chi connectivity index (χ4n) is 9.09. The largest absolute Gasteiger partial charge is 0.310 e. The zero-order valence-electron chi connectivity index (χ0n) is 31.2. The molecule has 9 aromatic rings. The van der Waals surface area contributed by atoms with Gasteiger partial charge in [0.15, 0.2) is 0 Å². The molecule has 0 radical (unpaired) electrons. The molecule has 1 heterocycles. The van der Waals surface area contributed by atoms with Gasteiger partial charge in [0.2, 0.25) is 0 Å². The number of thiophene rings is 1. The monoisotopic (exact) mass is 733 g/mol. The lowest BCUT2D eigenvalue weighted by Crippen LogP contribution is -2.28. The van der Waals surface area contributed by atoms with Crippen LogP contribution in [0.4, 0.5) is 17.1 Å². The van der Waals surface area contributed by atoms with Crippen LogP contribution < -0.4 is 4.90 Å². The third-order valence-electron chi connectivity index (χ3n) is 11.4. The van der Waals surface area contributed by atoms with Crippen molar-refractivity contribution in [2.24, 2.45) is 0 Å². The van der Waals surface area contributed by atoms with Crippen LogP contribution in [0.2, 0.25) is 0 Å². The molecular formula is C54H39NS. The van der Waals surface area contributed by atoms with Crippen LogP contribution in [0.15, 0.2) is 201 Å². The Kier molecular flexibility index (Phi) is 8.35. The zero-order valence-corrected chi connectivity index (χ0v) is 32.0. The van der Waals surface area contributed by atoms with Crippen LogP contribution in [-0.2, 0) is 5.41 Å². The minimum absolute atomic E-state index is 0.452. The third kappa shape index (κ3) is 5.21. The predicted molar refractivity (Wildman–Crippen MR) is 242 cm³/mol. The van der Waals surface area contributed by atoms with Crippen LogP contribution in [0.5, 0.6) is 0 Å². The average molecular weight is 734 g/mol. The molecule has 0 saturated heterocycles. The number of allylic oxidation sites excluding steroid dienone is 1. The first-order valence-corrected chi connectivity index (χ1v) is 20.1. The van der Waals surface area contributed by atoms with Crippen molar-refractivity contribution in [2.45, 2.75) is 12.3 Å². The lowest BCUT2D eigenvalue weighted by atomic mass is 9.68. The summed E-state index contributed by atoms with van der Waals surface area (Å²) in [4.78, 5) is 3.62. The van der Waals surface area contributed by atoms with Crippen molar-refractivity contribution in [2.75, 3.05) is 4.90 Å². The van der Waals surface area contributed by atoms with Crippen LogP contribution in [0, 0.1) is 0 Å². The molecule has 0 fully saturated rings. The highest BCUT2D eigenvalue weighted by Crippen LogP contribution is 2.56. The summed E-state index contributed by atoms with van der Waals surface area (Å²) in [5.41, 5.74) is 14.3. The molecule has 10 rings (SSSR count). The second-order valence-corrected chi connectivity index (χ2v) is 15.5. The smallest absolute Gasteiger partial charge is 0.0713 e. The van der Waals surface area contributed by atoms with Gasteiger partial charge in [-0.1, -0.05) is 183 Å². The van der Waals surface area contributed by atoms with Gasteiger partial charge >= 0.3 is 0 Å². The summed E-state index contributed by atoms with van der Waals surface area (Å²) in [6.45, 7) is 6.22. The molecule has 8 aromatic carbocycles. The van der Waals surface area contributed by atoms with E-state index in [9.17, 15) is 0 Å². The highest BCUT2D eigenvalue weighted by atomic mass is 32.1. The second kappa shape index (κ2) is 13.8.